The molecular weight excluding hydrogens is 308 g/mol. The molecule has 1 aromatic heterocycles. The topological polar surface area (TPSA) is 34.0 Å². The first-order valence-electron chi connectivity index (χ1n) is 10.2. The number of amides is 1. The predicted molar refractivity (Wildman–Crippen MR) is 105 cm³/mol. The van der Waals surface area contributed by atoms with E-state index >= 15 is 0 Å². The van der Waals surface area contributed by atoms with Gasteiger partial charge in [-0.05, 0) is 30.9 Å². The van der Waals surface area contributed by atoms with Gasteiger partial charge in [-0.3, -0.25) is 4.79 Å². The molecule has 1 aromatic carbocycles. The number of carbonyl (C=O) groups is 1. The van der Waals surface area contributed by atoms with Crippen LogP contribution >= 0.6 is 0 Å². The van der Waals surface area contributed by atoms with Crippen molar-refractivity contribution in [3.63, 3.8) is 0 Å². The standard InChI is InChI=1S/C22H32N2O/c25-22-14-8-6-4-2-1-3-5-7-11-17-24-18-19(15-16-23-22)20-12-9-10-13-21(20)24/h9-10,12-13,18H,1-8,11,14-17H2,(H,23,25). The van der Waals surface area contributed by atoms with E-state index in [0.29, 0.717) is 6.42 Å². The van der Waals surface area contributed by atoms with Gasteiger partial charge in [0.2, 0.25) is 5.91 Å². The maximum atomic E-state index is 12.0. The Morgan fingerprint density at radius 1 is 0.800 bits per heavy atom. The number of benzene rings is 1. The average molecular weight is 341 g/mol. The Morgan fingerprint density at radius 2 is 1.48 bits per heavy atom. The van der Waals surface area contributed by atoms with E-state index in [2.05, 4.69) is 40.3 Å². The van der Waals surface area contributed by atoms with Crippen molar-refractivity contribution in [1.82, 2.24) is 9.88 Å². The van der Waals surface area contributed by atoms with E-state index in [-0.39, 0.29) is 5.91 Å². The van der Waals surface area contributed by atoms with Crippen molar-refractivity contribution < 1.29 is 4.79 Å². The number of rotatable bonds is 0. The minimum absolute atomic E-state index is 0.213. The van der Waals surface area contributed by atoms with Crippen molar-refractivity contribution >= 4 is 16.8 Å². The minimum atomic E-state index is 0.213. The summed E-state index contributed by atoms with van der Waals surface area (Å²) in [6.45, 7) is 1.85. The molecule has 0 spiro atoms. The Kier molecular flexibility index (Phi) is 6.96. The molecule has 0 saturated heterocycles. The first kappa shape index (κ1) is 18.0. The number of aryl methyl sites for hydroxylation is 1. The smallest absolute Gasteiger partial charge is 0.220 e. The highest BCUT2D eigenvalue weighted by Gasteiger charge is 2.09. The van der Waals surface area contributed by atoms with Crippen LogP contribution in [0, 0.1) is 0 Å². The van der Waals surface area contributed by atoms with Crippen LogP contribution in [0.2, 0.25) is 0 Å². The number of nitrogens with one attached hydrogen (secondary N) is 1. The molecule has 1 amide bonds. The van der Waals surface area contributed by atoms with E-state index in [1.807, 2.05) is 0 Å². The van der Waals surface area contributed by atoms with Gasteiger partial charge < -0.3 is 9.88 Å². The highest BCUT2D eigenvalue weighted by molar-refractivity contribution is 5.84. The molecule has 2 bridgehead atoms. The number of aromatic nitrogens is 1. The molecule has 3 rings (SSSR count). The normalized spacial score (nSPS) is 19.1. The number of nitrogens with zero attached hydrogens (tertiary/aromatic N) is 1. The summed E-state index contributed by atoms with van der Waals surface area (Å²) in [5, 5.41) is 4.44. The van der Waals surface area contributed by atoms with Gasteiger partial charge in [0.15, 0.2) is 0 Å². The Balaban J connectivity index is 1.68. The van der Waals surface area contributed by atoms with Crippen molar-refractivity contribution in [2.75, 3.05) is 6.54 Å². The number of hydrogen-bond donors (Lipinski definition) is 1. The summed E-state index contributed by atoms with van der Waals surface area (Å²) in [5.41, 5.74) is 2.69. The number of hydrogen-bond acceptors (Lipinski definition) is 1. The summed E-state index contributed by atoms with van der Waals surface area (Å²) in [6.07, 6.45) is 15.4. The van der Waals surface area contributed by atoms with Gasteiger partial charge in [0.25, 0.3) is 0 Å². The molecule has 3 nitrogen and oxygen atoms in total. The maximum Gasteiger partial charge on any atom is 0.220 e. The molecule has 0 aliphatic carbocycles. The van der Waals surface area contributed by atoms with Crippen LogP contribution in [0.15, 0.2) is 30.5 Å². The Labute approximate surface area is 151 Å². The zero-order chi connectivity index (χ0) is 17.3. The van der Waals surface area contributed by atoms with Crippen LogP contribution in [0.4, 0.5) is 0 Å². The molecular formula is C22H32N2O. The molecule has 3 heteroatoms. The van der Waals surface area contributed by atoms with Gasteiger partial charge in [-0.25, -0.2) is 0 Å². The lowest BCUT2D eigenvalue weighted by atomic mass is 10.1. The summed E-state index contributed by atoms with van der Waals surface area (Å²) < 4.78 is 2.41. The predicted octanol–water partition coefficient (Wildman–Crippen LogP) is 5.21. The molecule has 136 valence electrons. The summed E-state index contributed by atoms with van der Waals surface area (Å²) in [7, 11) is 0. The van der Waals surface area contributed by atoms with Crippen LogP contribution in [0.3, 0.4) is 0 Å². The molecule has 0 radical (unpaired) electrons. The summed E-state index contributed by atoms with van der Waals surface area (Å²) >= 11 is 0. The molecule has 0 atom stereocenters. The first-order chi connectivity index (χ1) is 12.3. The van der Waals surface area contributed by atoms with Gasteiger partial charge in [-0.2, -0.15) is 0 Å². The van der Waals surface area contributed by atoms with E-state index in [1.165, 1.54) is 67.8 Å². The largest absolute Gasteiger partial charge is 0.356 e. The average Bonchev–Trinajstić information content (AvgIpc) is 2.97. The molecule has 1 aliphatic rings. The van der Waals surface area contributed by atoms with Gasteiger partial charge >= 0.3 is 0 Å². The fourth-order valence-electron chi connectivity index (χ4n) is 3.94. The third-order valence-corrected chi connectivity index (χ3v) is 5.39. The van der Waals surface area contributed by atoms with Crippen LogP contribution in [0.25, 0.3) is 10.9 Å². The monoisotopic (exact) mass is 340 g/mol. The third-order valence-electron chi connectivity index (χ3n) is 5.39. The van der Waals surface area contributed by atoms with Crippen LogP contribution in [-0.2, 0) is 17.8 Å². The van der Waals surface area contributed by atoms with Gasteiger partial charge in [0.05, 0.1) is 0 Å². The lowest BCUT2D eigenvalue weighted by Gasteiger charge is -2.07. The lowest BCUT2D eigenvalue weighted by Crippen LogP contribution is -2.25. The van der Waals surface area contributed by atoms with Crippen LogP contribution in [0.1, 0.15) is 69.8 Å². The first-order valence-corrected chi connectivity index (χ1v) is 10.2. The summed E-state index contributed by atoms with van der Waals surface area (Å²) in [5.74, 6) is 0.213. The van der Waals surface area contributed by atoms with Gasteiger partial charge in [-0.15, -0.1) is 0 Å². The van der Waals surface area contributed by atoms with E-state index in [1.54, 1.807) is 0 Å². The zero-order valence-corrected chi connectivity index (χ0v) is 15.4. The Bertz CT molecular complexity index is 674. The number of fused-ring (bicyclic) bond motifs is 5. The van der Waals surface area contributed by atoms with Crippen molar-refractivity contribution in [3.8, 4) is 0 Å². The highest BCUT2D eigenvalue weighted by atomic mass is 16.1. The van der Waals surface area contributed by atoms with Crippen molar-refractivity contribution in [2.24, 2.45) is 0 Å². The van der Waals surface area contributed by atoms with Crippen LogP contribution in [0.5, 0.6) is 0 Å². The second kappa shape index (κ2) is 9.65. The molecule has 0 unspecified atom stereocenters. The van der Waals surface area contributed by atoms with E-state index in [0.717, 1.165) is 25.9 Å². The maximum absolute atomic E-state index is 12.0. The van der Waals surface area contributed by atoms with E-state index in [4.69, 9.17) is 0 Å². The fourth-order valence-corrected chi connectivity index (χ4v) is 3.94. The molecule has 0 saturated carbocycles. The molecule has 1 aliphatic heterocycles. The summed E-state index contributed by atoms with van der Waals surface area (Å²) in [4.78, 5) is 12.0. The van der Waals surface area contributed by atoms with Gasteiger partial charge in [-0.1, -0.05) is 63.1 Å². The third kappa shape index (κ3) is 5.35. The second-order valence-corrected chi connectivity index (χ2v) is 7.40. The Morgan fingerprint density at radius 3 is 2.28 bits per heavy atom. The fraction of sp³-hybridized carbons (Fsp3) is 0.591. The minimum Gasteiger partial charge on any atom is -0.356 e. The quantitative estimate of drug-likeness (QED) is 0.701. The SMILES string of the molecule is O=C1CCCCCCCCCCCn2cc(c3ccccc32)CCN1. The van der Waals surface area contributed by atoms with Crippen molar-refractivity contribution in [3.05, 3.63) is 36.0 Å². The molecule has 2 aromatic rings. The van der Waals surface area contributed by atoms with Gasteiger partial charge in [0.1, 0.15) is 0 Å². The van der Waals surface area contributed by atoms with Crippen LogP contribution in [-0.4, -0.2) is 17.0 Å². The van der Waals surface area contributed by atoms with Crippen molar-refractivity contribution in [2.45, 2.75) is 77.2 Å². The van der Waals surface area contributed by atoms with Crippen LogP contribution < -0.4 is 5.32 Å². The van der Waals surface area contributed by atoms with Gasteiger partial charge in [0, 0.05) is 36.6 Å². The molecule has 25 heavy (non-hydrogen) atoms. The summed E-state index contributed by atoms with van der Waals surface area (Å²) in [6, 6.07) is 8.68. The zero-order valence-electron chi connectivity index (χ0n) is 15.4. The molecule has 0 fully saturated rings. The number of para-hydroxylation sites is 1. The molecule has 1 N–H and O–H groups in total. The van der Waals surface area contributed by atoms with E-state index < -0.39 is 0 Å². The van der Waals surface area contributed by atoms with E-state index in [9.17, 15) is 4.79 Å². The Hall–Kier alpha value is -1.77. The lowest BCUT2D eigenvalue weighted by molar-refractivity contribution is -0.121. The second-order valence-electron chi connectivity index (χ2n) is 7.40. The molecule has 2 heterocycles. The van der Waals surface area contributed by atoms with Crippen molar-refractivity contribution in [1.29, 1.82) is 0 Å². The highest BCUT2D eigenvalue weighted by Crippen LogP contribution is 2.22. The number of carbonyl (C=O) groups excluding carboxylic acids is 1.